The Morgan fingerprint density at radius 2 is 2.33 bits per heavy atom. The molecule has 0 aliphatic rings. The number of hydrogen-bond acceptors (Lipinski definition) is 3. The SMILES string of the molecule is N#CCCSCc1cccc(C(=O)O)c1. The standard InChI is InChI=1S/C11H11NO2S/c12-5-2-6-15-8-9-3-1-4-10(7-9)11(13)14/h1,3-4,7H,2,6,8H2,(H,13,14). The van der Waals surface area contributed by atoms with Gasteiger partial charge in [-0.2, -0.15) is 17.0 Å². The Labute approximate surface area is 92.7 Å². The van der Waals surface area contributed by atoms with Gasteiger partial charge in [-0.05, 0) is 17.7 Å². The highest BCUT2D eigenvalue weighted by Crippen LogP contribution is 2.14. The zero-order valence-corrected chi connectivity index (χ0v) is 8.96. The van der Waals surface area contributed by atoms with Gasteiger partial charge in [0, 0.05) is 17.9 Å². The van der Waals surface area contributed by atoms with Gasteiger partial charge in [-0.3, -0.25) is 0 Å². The molecule has 0 saturated heterocycles. The molecule has 1 N–H and O–H groups in total. The van der Waals surface area contributed by atoms with Crippen molar-refractivity contribution in [2.24, 2.45) is 0 Å². The van der Waals surface area contributed by atoms with Crippen molar-refractivity contribution in [2.75, 3.05) is 5.75 Å². The number of carboxylic acid groups (broad SMARTS) is 1. The molecule has 0 radical (unpaired) electrons. The molecular weight excluding hydrogens is 210 g/mol. The minimum absolute atomic E-state index is 0.313. The van der Waals surface area contributed by atoms with Gasteiger partial charge in [0.25, 0.3) is 0 Å². The summed E-state index contributed by atoms with van der Waals surface area (Å²) in [6.45, 7) is 0. The molecule has 15 heavy (non-hydrogen) atoms. The zero-order valence-electron chi connectivity index (χ0n) is 8.14. The summed E-state index contributed by atoms with van der Waals surface area (Å²) in [6, 6.07) is 8.95. The van der Waals surface area contributed by atoms with E-state index in [1.54, 1.807) is 30.0 Å². The first-order valence-corrected chi connectivity index (χ1v) is 5.66. The van der Waals surface area contributed by atoms with Gasteiger partial charge in [-0.1, -0.05) is 12.1 Å². The molecule has 0 aliphatic heterocycles. The van der Waals surface area contributed by atoms with Crippen LogP contribution in [0.1, 0.15) is 22.3 Å². The second-order valence-corrected chi connectivity index (χ2v) is 4.07. The van der Waals surface area contributed by atoms with Gasteiger partial charge >= 0.3 is 5.97 Å². The Morgan fingerprint density at radius 1 is 1.53 bits per heavy atom. The van der Waals surface area contributed by atoms with Crippen LogP contribution in [0.5, 0.6) is 0 Å². The summed E-state index contributed by atoms with van der Waals surface area (Å²) < 4.78 is 0. The van der Waals surface area contributed by atoms with Crippen molar-refractivity contribution in [3.63, 3.8) is 0 Å². The quantitative estimate of drug-likeness (QED) is 0.776. The van der Waals surface area contributed by atoms with Crippen molar-refractivity contribution >= 4 is 17.7 Å². The lowest BCUT2D eigenvalue weighted by atomic mass is 10.1. The minimum Gasteiger partial charge on any atom is -0.478 e. The lowest BCUT2D eigenvalue weighted by molar-refractivity contribution is 0.0697. The third kappa shape index (κ3) is 4.05. The van der Waals surface area contributed by atoms with E-state index < -0.39 is 5.97 Å². The monoisotopic (exact) mass is 221 g/mol. The third-order valence-electron chi connectivity index (χ3n) is 1.80. The molecule has 0 spiro atoms. The van der Waals surface area contributed by atoms with E-state index >= 15 is 0 Å². The molecule has 0 unspecified atom stereocenters. The Bertz CT molecular complexity index is 384. The molecule has 3 nitrogen and oxygen atoms in total. The van der Waals surface area contributed by atoms with Crippen LogP contribution < -0.4 is 0 Å². The van der Waals surface area contributed by atoms with Crippen LogP contribution in [0.2, 0.25) is 0 Å². The zero-order chi connectivity index (χ0) is 11.1. The molecule has 0 aliphatic carbocycles. The normalized spacial score (nSPS) is 9.53. The van der Waals surface area contributed by atoms with Crippen molar-refractivity contribution in [1.82, 2.24) is 0 Å². The highest BCUT2D eigenvalue weighted by Gasteiger charge is 2.02. The predicted octanol–water partition coefficient (Wildman–Crippen LogP) is 2.53. The van der Waals surface area contributed by atoms with E-state index in [1.165, 1.54) is 0 Å². The van der Waals surface area contributed by atoms with Crippen molar-refractivity contribution in [2.45, 2.75) is 12.2 Å². The van der Waals surface area contributed by atoms with Crippen molar-refractivity contribution < 1.29 is 9.90 Å². The van der Waals surface area contributed by atoms with E-state index in [2.05, 4.69) is 6.07 Å². The Hall–Kier alpha value is -1.47. The summed E-state index contributed by atoms with van der Waals surface area (Å²) in [4.78, 5) is 10.7. The second kappa shape index (κ2) is 6.10. The molecular formula is C11H11NO2S. The van der Waals surface area contributed by atoms with Crippen LogP contribution >= 0.6 is 11.8 Å². The van der Waals surface area contributed by atoms with Crippen molar-refractivity contribution in [3.8, 4) is 6.07 Å². The maximum absolute atomic E-state index is 10.7. The fraction of sp³-hybridized carbons (Fsp3) is 0.273. The van der Waals surface area contributed by atoms with Crippen LogP contribution in [0.25, 0.3) is 0 Å². The van der Waals surface area contributed by atoms with Crippen LogP contribution in [0.15, 0.2) is 24.3 Å². The first-order chi connectivity index (χ1) is 7.24. The molecule has 1 rings (SSSR count). The van der Waals surface area contributed by atoms with Gasteiger partial charge in [-0.25, -0.2) is 4.79 Å². The number of nitriles is 1. The van der Waals surface area contributed by atoms with Crippen LogP contribution in [0, 0.1) is 11.3 Å². The second-order valence-electron chi connectivity index (χ2n) is 2.97. The lowest BCUT2D eigenvalue weighted by Crippen LogP contribution is -1.96. The fourth-order valence-electron chi connectivity index (χ4n) is 1.10. The van der Waals surface area contributed by atoms with Crippen LogP contribution in [-0.2, 0) is 5.75 Å². The molecule has 0 fully saturated rings. The highest BCUT2D eigenvalue weighted by molar-refractivity contribution is 7.98. The highest BCUT2D eigenvalue weighted by atomic mass is 32.2. The number of nitrogens with zero attached hydrogens (tertiary/aromatic N) is 1. The summed E-state index contributed by atoms with van der Waals surface area (Å²) in [6.07, 6.45) is 0.531. The van der Waals surface area contributed by atoms with Gasteiger partial charge < -0.3 is 5.11 Å². The first-order valence-electron chi connectivity index (χ1n) is 4.51. The molecule has 0 amide bonds. The molecule has 0 heterocycles. The number of hydrogen-bond donors (Lipinski definition) is 1. The Kier molecular flexibility index (Phi) is 4.72. The number of benzene rings is 1. The van der Waals surface area contributed by atoms with Gasteiger partial charge in [0.05, 0.1) is 11.6 Å². The summed E-state index contributed by atoms with van der Waals surface area (Å²) in [5, 5.41) is 17.1. The first kappa shape index (κ1) is 11.6. The Morgan fingerprint density at radius 3 is 3.00 bits per heavy atom. The summed E-state index contributed by atoms with van der Waals surface area (Å²) in [5.74, 6) is 0.634. The summed E-state index contributed by atoms with van der Waals surface area (Å²) >= 11 is 1.64. The van der Waals surface area contributed by atoms with E-state index in [4.69, 9.17) is 10.4 Å². The van der Waals surface area contributed by atoms with E-state index in [-0.39, 0.29) is 0 Å². The average molecular weight is 221 g/mol. The number of rotatable bonds is 5. The molecule has 0 saturated carbocycles. The van der Waals surface area contributed by atoms with E-state index in [0.717, 1.165) is 17.1 Å². The van der Waals surface area contributed by atoms with Crippen LogP contribution in [0.3, 0.4) is 0 Å². The fourth-order valence-corrected chi connectivity index (χ4v) is 1.90. The smallest absolute Gasteiger partial charge is 0.335 e. The van der Waals surface area contributed by atoms with Crippen LogP contribution in [0.4, 0.5) is 0 Å². The predicted molar refractivity (Wildman–Crippen MR) is 59.8 cm³/mol. The number of carboxylic acids is 1. The molecule has 78 valence electrons. The molecule has 0 atom stereocenters. The maximum Gasteiger partial charge on any atom is 0.335 e. The minimum atomic E-state index is -0.904. The van der Waals surface area contributed by atoms with E-state index in [1.807, 2.05) is 6.07 Å². The van der Waals surface area contributed by atoms with Gasteiger partial charge in [0.2, 0.25) is 0 Å². The average Bonchev–Trinajstić information content (AvgIpc) is 2.25. The van der Waals surface area contributed by atoms with E-state index in [9.17, 15) is 4.79 Å². The lowest BCUT2D eigenvalue weighted by Gasteiger charge is -2.01. The third-order valence-corrected chi connectivity index (χ3v) is 2.83. The van der Waals surface area contributed by atoms with Crippen molar-refractivity contribution in [1.29, 1.82) is 5.26 Å². The molecule has 1 aromatic rings. The number of carbonyl (C=O) groups is 1. The molecule has 0 bridgehead atoms. The van der Waals surface area contributed by atoms with Crippen molar-refractivity contribution in [3.05, 3.63) is 35.4 Å². The molecule has 4 heteroatoms. The number of aromatic carboxylic acids is 1. The number of thioether (sulfide) groups is 1. The van der Waals surface area contributed by atoms with Gasteiger partial charge in [0.15, 0.2) is 0 Å². The topological polar surface area (TPSA) is 61.1 Å². The summed E-state index contributed by atoms with van der Waals surface area (Å²) in [5.41, 5.74) is 1.30. The van der Waals surface area contributed by atoms with Gasteiger partial charge in [-0.15, -0.1) is 0 Å². The maximum atomic E-state index is 10.7. The Balaban J connectivity index is 2.51. The van der Waals surface area contributed by atoms with Crippen LogP contribution in [-0.4, -0.2) is 16.8 Å². The molecule has 1 aromatic carbocycles. The molecule has 0 aromatic heterocycles. The van der Waals surface area contributed by atoms with E-state index in [0.29, 0.717) is 12.0 Å². The largest absolute Gasteiger partial charge is 0.478 e. The summed E-state index contributed by atoms with van der Waals surface area (Å²) in [7, 11) is 0. The van der Waals surface area contributed by atoms with Gasteiger partial charge in [0.1, 0.15) is 0 Å².